The number of likely N-dealkylation sites (tertiary alicyclic amines) is 1. The molecule has 2 saturated heterocycles. The van der Waals surface area contributed by atoms with Crippen molar-refractivity contribution in [2.45, 2.75) is 19.4 Å². The maximum absolute atomic E-state index is 12.8. The van der Waals surface area contributed by atoms with Gasteiger partial charge < -0.3 is 9.64 Å². The lowest BCUT2D eigenvalue weighted by Gasteiger charge is -2.18. The van der Waals surface area contributed by atoms with Crippen LogP contribution < -0.4 is 4.74 Å². The molecule has 0 bridgehead atoms. The van der Waals surface area contributed by atoms with Crippen LogP contribution in [0.5, 0.6) is 5.75 Å². The summed E-state index contributed by atoms with van der Waals surface area (Å²) < 4.78 is 7.67. The Bertz CT molecular complexity index is 1110. The minimum absolute atomic E-state index is 0.198. The molecule has 0 saturated carbocycles. The smallest absolute Gasteiger partial charge is 0.294 e. The van der Waals surface area contributed by atoms with E-state index in [4.69, 9.17) is 16.3 Å². The molecule has 0 N–H and O–H groups in total. The number of carbonyl (C=O) groups is 3. The number of imide groups is 1. The van der Waals surface area contributed by atoms with Crippen molar-refractivity contribution >= 4 is 85.0 Å². The SMILES string of the molecule is O=C(CN1C(=O)S/C(=C/c2cc(Cl)c(OCc3ccc(I)cc3)c(Br)c2)C1=O)N1CCCC1. The highest BCUT2D eigenvalue weighted by molar-refractivity contribution is 14.1. The maximum atomic E-state index is 12.8. The molecule has 2 heterocycles. The second-order valence-corrected chi connectivity index (χ2v) is 11.1. The van der Waals surface area contributed by atoms with E-state index in [0.717, 1.165) is 38.6 Å². The largest absolute Gasteiger partial charge is 0.486 e. The predicted molar refractivity (Wildman–Crippen MR) is 141 cm³/mol. The van der Waals surface area contributed by atoms with Gasteiger partial charge in [-0.1, -0.05) is 23.7 Å². The molecule has 2 aliphatic heterocycles. The van der Waals surface area contributed by atoms with E-state index in [2.05, 4.69) is 38.5 Å². The van der Waals surface area contributed by atoms with Crippen LogP contribution >= 0.6 is 61.9 Å². The normalized spacial score (nSPS) is 17.4. The third-order valence-electron chi connectivity index (χ3n) is 5.24. The number of halogens is 3. The Hall–Kier alpha value is -1.56. The summed E-state index contributed by atoms with van der Waals surface area (Å²) in [6.07, 6.45) is 3.51. The van der Waals surface area contributed by atoms with Crippen molar-refractivity contribution in [2.75, 3.05) is 19.6 Å². The monoisotopic (exact) mass is 660 g/mol. The third kappa shape index (κ3) is 5.93. The van der Waals surface area contributed by atoms with Gasteiger partial charge in [-0.2, -0.15) is 0 Å². The molecule has 6 nitrogen and oxygen atoms in total. The second kappa shape index (κ2) is 10.8. The van der Waals surface area contributed by atoms with Crippen molar-refractivity contribution in [1.82, 2.24) is 9.80 Å². The Balaban J connectivity index is 1.45. The number of benzene rings is 2. The summed E-state index contributed by atoms with van der Waals surface area (Å²) in [7, 11) is 0. The van der Waals surface area contributed by atoms with Crippen LogP contribution in [0.3, 0.4) is 0 Å². The van der Waals surface area contributed by atoms with Gasteiger partial charge in [0.2, 0.25) is 5.91 Å². The van der Waals surface area contributed by atoms with Crippen LogP contribution in [-0.2, 0) is 16.2 Å². The molecular formula is C23H19BrClIN2O4S. The highest BCUT2D eigenvalue weighted by Crippen LogP contribution is 2.38. The van der Waals surface area contributed by atoms with Crippen molar-refractivity contribution in [2.24, 2.45) is 0 Å². The molecule has 0 aromatic heterocycles. The minimum Gasteiger partial charge on any atom is -0.486 e. The first-order chi connectivity index (χ1) is 15.8. The molecule has 172 valence electrons. The number of hydrogen-bond acceptors (Lipinski definition) is 5. The first-order valence-electron chi connectivity index (χ1n) is 10.2. The third-order valence-corrected chi connectivity index (χ3v) is 7.74. The van der Waals surface area contributed by atoms with Gasteiger partial charge in [-0.3, -0.25) is 19.3 Å². The molecule has 2 fully saturated rings. The number of ether oxygens (including phenoxy) is 1. The Kier molecular flexibility index (Phi) is 8.03. The Morgan fingerprint density at radius 2 is 1.88 bits per heavy atom. The van der Waals surface area contributed by atoms with E-state index in [0.29, 0.717) is 40.5 Å². The highest BCUT2D eigenvalue weighted by Gasteiger charge is 2.37. The summed E-state index contributed by atoms with van der Waals surface area (Å²) >= 11 is 13.0. The Labute approximate surface area is 222 Å². The summed E-state index contributed by atoms with van der Waals surface area (Å²) in [6, 6.07) is 11.4. The maximum Gasteiger partial charge on any atom is 0.294 e. The summed E-state index contributed by atoms with van der Waals surface area (Å²) in [5.74, 6) is -0.169. The van der Waals surface area contributed by atoms with Gasteiger partial charge in [0.05, 0.1) is 14.4 Å². The van der Waals surface area contributed by atoms with Crippen molar-refractivity contribution in [3.8, 4) is 5.75 Å². The van der Waals surface area contributed by atoms with Gasteiger partial charge >= 0.3 is 0 Å². The van der Waals surface area contributed by atoms with E-state index in [1.54, 1.807) is 23.1 Å². The number of nitrogens with zero attached hydrogens (tertiary/aromatic N) is 2. The van der Waals surface area contributed by atoms with Gasteiger partial charge in [0.25, 0.3) is 11.1 Å². The van der Waals surface area contributed by atoms with Crippen molar-refractivity contribution < 1.29 is 19.1 Å². The fraction of sp³-hybridized carbons (Fsp3) is 0.261. The van der Waals surface area contributed by atoms with Crippen LogP contribution in [-0.4, -0.2) is 46.5 Å². The zero-order chi connectivity index (χ0) is 23.5. The summed E-state index contributed by atoms with van der Waals surface area (Å²) in [5, 5.41) is -0.0639. The number of amides is 3. The zero-order valence-electron chi connectivity index (χ0n) is 17.4. The lowest BCUT2D eigenvalue weighted by molar-refractivity contribution is -0.135. The average molecular weight is 662 g/mol. The predicted octanol–water partition coefficient (Wildman–Crippen LogP) is 5.94. The van der Waals surface area contributed by atoms with Gasteiger partial charge in [-0.15, -0.1) is 0 Å². The van der Waals surface area contributed by atoms with E-state index in [1.807, 2.05) is 24.3 Å². The van der Waals surface area contributed by atoms with Crippen LogP contribution in [0, 0.1) is 3.57 Å². The number of rotatable bonds is 6. The first kappa shape index (κ1) is 24.6. The van der Waals surface area contributed by atoms with Gasteiger partial charge in [-0.25, -0.2) is 0 Å². The van der Waals surface area contributed by atoms with Crippen LogP contribution in [0.25, 0.3) is 6.08 Å². The molecule has 2 aromatic carbocycles. The molecular weight excluding hydrogens is 643 g/mol. The van der Waals surface area contributed by atoms with Gasteiger partial charge in [0.1, 0.15) is 13.2 Å². The van der Waals surface area contributed by atoms with E-state index in [1.165, 1.54) is 0 Å². The molecule has 2 aliphatic rings. The van der Waals surface area contributed by atoms with E-state index >= 15 is 0 Å². The van der Waals surface area contributed by atoms with Crippen LogP contribution in [0.4, 0.5) is 4.79 Å². The lowest BCUT2D eigenvalue weighted by Crippen LogP contribution is -2.40. The molecule has 3 amide bonds. The number of thioether (sulfide) groups is 1. The Morgan fingerprint density at radius 3 is 2.55 bits per heavy atom. The highest BCUT2D eigenvalue weighted by atomic mass is 127. The van der Waals surface area contributed by atoms with Gasteiger partial charge in [0, 0.05) is 16.7 Å². The molecule has 0 unspecified atom stereocenters. The standard InChI is InChI=1S/C23H19BrClIN2O4S/c24-17-9-15(10-18(25)21(17)32-13-14-3-5-16(26)6-4-14)11-19-22(30)28(23(31)33-19)12-20(29)27-7-1-2-8-27/h3-6,9-11H,1-2,7-8,12-13H2/b19-11+. The Morgan fingerprint density at radius 1 is 1.18 bits per heavy atom. The van der Waals surface area contributed by atoms with Gasteiger partial charge in [-0.05, 0) is 105 Å². The van der Waals surface area contributed by atoms with Crippen molar-refractivity contribution in [3.63, 3.8) is 0 Å². The van der Waals surface area contributed by atoms with Crippen molar-refractivity contribution in [3.05, 3.63) is 65.5 Å². The molecule has 0 aliphatic carbocycles. The second-order valence-electron chi connectivity index (χ2n) is 7.58. The summed E-state index contributed by atoms with van der Waals surface area (Å²) in [4.78, 5) is 40.5. The molecule has 4 rings (SSSR count). The average Bonchev–Trinajstić information content (AvgIpc) is 3.39. The zero-order valence-corrected chi connectivity index (χ0v) is 22.7. The van der Waals surface area contributed by atoms with E-state index in [-0.39, 0.29) is 17.4 Å². The van der Waals surface area contributed by atoms with Crippen LogP contribution in [0.15, 0.2) is 45.8 Å². The van der Waals surface area contributed by atoms with Crippen molar-refractivity contribution in [1.29, 1.82) is 0 Å². The topological polar surface area (TPSA) is 66.9 Å². The minimum atomic E-state index is -0.469. The fourth-order valence-corrected chi connectivity index (χ4v) is 5.71. The van der Waals surface area contributed by atoms with Crippen LogP contribution in [0.2, 0.25) is 5.02 Å². The molecule has 0 spiro atoms. The molecule has 10 heteroatoms. The first-order valence-corrected chi connectivity index (χ1v) is 13.3. The number of carbonyl (C=O) groups excluding carboxylic acids is 3. The van der Waals surface area contributed by atoms with Gasteiger partial charge in [0.15, 0.2) is 5.75 Å². The fourth-order valence-electron chi connectivity index (χ4n) is 3.53. The number of hydrogen-bond donors (Lipinski definition) is 0. The van der Waals surface area contributed by atoms with E-state index in [9.17, 15) is 14.4 Å². The summed E-state index contributed by atoms with van der Waals surface area (Å²) in [6.45, 7) is 1.49. The quantitative estimate of drug-likeness (QED) is 0.283. The van der Waals surface area contributed by atoms with Crippen LogP contribution in [0.1, 0.15) is 24.0 Å². The molecule has 33 heavy (non-hydrogen) atoms. The molecule has 0 atom stereocenters. The molecule has 2 aromatic rings. The van der Waals surface area contributed by atoms with E-state index < -0.39 is 11.1 Å². The summed E-state index contributed by atoms with van der Waals surface area (Å²) in [5.41, 5.74) is 1.66. The lowest BCUT2D eigenvalue weighted by atomic mass is 10.2. The molecule has 0 radical (unpaired) electrons.